The van der Waals surface area contributed by atoms with E-state index in [4.69, 9.17) is 0 Å². The van der Waals surface area contributed by atoms with Gasteiger partial charge in [-0.05, 0) is 28.4 Å². The third-order valence-electron chi connectivity index (χ3n) is 3.59. The molecule has 1 aromatic heterocycles. The van der Waals surface area contributed by atoms with Gasteiger partial charge < -0.3 is 5.32 Å². The van der Waals surface area contributed by atoms with Crippen LogP contribution in [0.1, 0.15) is 43.5 Å². The van der Waals surface area contributed by atoms with E-state index in [2.05, 4.69) is 44.5 Å². The summed E-state index contributed by atoms with van der Waals surface area (Å²) in [5.74, 6) is 0. The molecular weight excluding hydrogens is 308 g/mol. The van der Waals surface area contributed by atoms with Crippen LogP contribution in [0.25, 0.3) is 0 Å². The summed E-state index contributed by atoms with van der Waals surface area (Å²) < 4.78 is 1.23. The van der Waals surface area contributed by atoms with E-state index in [1.165, 1.54) is 48.1 Å². The molecule has 1 aromatic rings. The highest BCUT2D eigenvalue weighted by Crippen LogP contribution is 2.33. The summed E-state index contributed by atoms with van der Waals surface area (Å²) in [4.78, 5) is 4.18. The van der Waals surface area contributed by atoms with Gasteiger partial charge in [-0.2, -0.15) is 0 Å². The molecule has 1 saturated heterocycles. The zero-order valence-corrected chi connectivity index (χ0v) is 13.5. The summed E-state index contributed by atoms with van der Waals surface area (Å²) in [6, 6.07) is 2.94. The topological polar surface area (TPSA) is 15.3 Å². The number of halogens is 1. The molecule has 0 amide bonds. The Kier molecular flexibility index (Phi) is 6.15. The van der Waals surface area contributed by atoms with Gasteiger partial charge in [-0.1, -0.05) is 26.2 Å². The molecule has 18 heavy (non-hydrogen) atoms. The number of hydrogen-bond donors (Lipinski definition) is 1. The fourth-order valence-corrected chi connectivity index (χ4v) is 4.20. The summed E-state index contributed by atoms with van der Waals surface area (Å²) in [7, 11) is 0. The number of rotatable bonds is 6. The predicted octanol–water partition coefficient (Wildman–Crippen LogP) is 4.04. The first-order chi connectivity index (χ1) is 8.81. The highest BCUT2D eigenvalue weighted by molar-refractivity contribution is 9.10. The van der Waals surface area contributed by atoms with E-state index in [1.54, 1.807) is 0 Å². The van der Waals surface area contributed by atoms with Gasteiger partial charge in [0, 0.05) is 47.0 Å². The molecular formula is C14H23BrN2S. The number of hydrogen-bond acceptors (Lipinski definition) is 3. The summed E-state index contributed by atoms with van der Waals surface area (Å²) in [5, 5.41) is 5.66. The Morgan fingerprint density at radius 2 is 2.17 bits per heavy atom. The molecule has 0 aromatic carbocycles. The molecule has 1 aliphatic heterocycles. The third-order valence-corrected chi connectivity index (χ3v) is 5.38. The van der Waals surface area contributed by atoms with E-state index >= 15 is 0 Å². The van der Waals surface area contributed by atoms with Crippen LogP contribution in [0.4, 0.5) is 0 Å². The van der Waals surface area contributed by atoms with E-state index in [0.29, 0.717) is 6.04 Å². The van der Waals surface area contributed by atoms with Crippen LogP contribution in [-0.2, 0) is 0 Å². The molecule has 2 heterocycles. The maximum Gasteiger partial charge on any atom is 0.0443 e. The van der Waals surface area contributed by atoms with Crippen LogP contribution in [-0.4, -0.2) is 31.1 Å². The third kappa shape index (κ3) is 4.05. The molecule has 1 aliphatic rings. The van der Waals surface area contributed by atoms with Crippen molar-refractivity contribution in [2.75, 3.05) is 26.2 Å². The number of nitrogens with zero attached hydrogens (tertiary/aromatic N) is 1. The zero-order valence-electron chi connectivity index (χ0n) is 11.1. The minimum absolute atomic E-state index is 0.634. The molecule has 102 valence electrons. The van der Waals surface area contributed by atoms with Crippen molar-refractivity contribution < 1.29 is 0 Å². The van der Waals surface area contributed by atoms with Gasteiger partial charge in [0.05, 0.1) is 0 Å². The SMILES string of the molecule is CCCCC[C@H](c1cc(Br)cs1)N1CCNCC1. The molecule has 4 heteroatoms. The van der Waals surface area contributed by atoms with Crippen molar-refractivity contribution >= 4 is 27.3 Å². The van der Waals surface area contributed by atoms with Crippen LogP contribution >= 0.6 is 27.3 Å². The highest BCUT2D eigenvalue weighted by atomic mass is 79.9. The molecule has 0 saturated carbocycles. The van der Waals surface area contributed by atoms with E-state index < -0.39 is 0 Å². The van der Waals surface area contributed by atoms with Crippen LogP contribution in [0.15, 0.2) is 15.9 Å². The Bertz CT molecular complexity index is 347. The first-order valence-electron chi connectivity index (χ1n) is 7.00. The van der Waals surface area contributed by atoms with E-state index in [9.17, 15) is 0 Å². The van der Waals surface area contributed by atoms with Crippen molar-refractivity contribution in [3.63, 3.8) is 0 Å². The number of nitrogens with one attached hydrogen (secondary N) is 1. The molecule has 0 bridgehead atoms. The van der Waals surface area contributed by atoms with Gasteiger partial charge in [0.1, 0.15) is 0 Å². The summed E-state index contributed by atoms with van der Waals surface area (Å²) in [5.41, 5.74) is 0. The van der Waals surface area contributed by atoms with Crippen LogP contribution < -0.4 is 5.32 Å². The summed E-state index contributed by atoms with van der Waals surface area (Å²) in [6.45, 7) is 6.92. The van der Waals surface area contributed by atoms with Gasteiger partial charge >= 0.3 is 0 Å². The Labute approximate surface area is 123 Å². The van der Waals surface area contributed by atoms with Crippen molar-refractivity contribution in [2.45, 2.75) is 38.6 Å². The number of unbranched alkanes of at least 4 members (excludes halogenated alkanes) is 2. The monoisotopic (exact) mass is 330 g/mol. The second-order valence-corrected chi connectivity index (χ2v) is 6.82. The molecule has 2 rings (SSSR count). The molecule has 1 atom stereocenters. The fraction of sp³-hybridized carbons (Fsp3) is 0.714. The first kappa shape index (κ1) is 14.5. The molecule has 0 radical (unpaired) electrons. The van der Waals surface area contributed by atoms with Crippen LogP contribution in [0.5, 0.6) is 0 Å². The Morgan fingerprint density at radius 1 is 1.39 bits per heavy atom. The van der Waals surface area contributed by atoms with Crippen LogP contribution in [0.2, 0.25) is 0 Å². The van der Waals surface area contributed by atoms with Crippen molar-refractivity contribution in [1.82, 2.24) is 10.2 Å². The van der Waals surface area contributed by atoms with Crippen molar-refractivity contribution in [3.8, 4) is 0 Å². The standard InChI is InChI=1S/C14H23BrN2S/c1-2-3-4-5-13(14-10-12(15)11-18-14)17-8-6-16-7-9-17/h10-11,13,16H,2-9H2,1H3/t13-/m1/s1. The van der Waals surface area contributed by atoms with Crippen molar-refractivity contribution in [2.24, 2.45) is 0 Å². The quantitative estimate of drug-likeness (QED) is 0.792. The normalized spacial score (nSPS) is 19.0. The Balaban J connectivity index is 2.01. The zero-order chi connectivity index (χ0) is 12.8. The molecule has 0 unspecified atom stereocenters. The second kappa shape index (κ2) is 7.63. The average Bonchev–Trinajstić information content (AvgIpc) is 2.82. The molecule has 1 N–H and O–H groups in total. The average molecular weight is 331 g/mol. The van der Waals surface area contributed by atoms with Gasteiger partial charge in [0.2, 0.25) is 0 Å². The van der Waals surface area contributed by atoms with Crippen molar-refractivity contribution in [1.29, 1.82) is 0 Å². The van der Waals surface area contributed by atoms with Gasteiger partial charge in [0.15, 0.2) is 0 Å². The maximum atomic E-state index is 3.59. The molecule has 1 fully saturated rings. The van der Waals surface area contributed by atoms with Gasteiger partial charge in [-0.3, -0.25) is 4.90 Å². The minimum atomic E-state index is 0.634. The van der Waals surface area contributed by atoms with Gasteiger partial charge in [0.25, 0.3) is 0 Å². The van der Waals surface area contributed by atoms with Gasteiger partial charge in [-0.25, -0.2) is 0 Å². The largest absolute Gasteiger partial charge is 0.314 e. The highest BCUT2D eigenvalue weighted by Gasteiger charge is 2.22. The van der Waals surface area contributed by atoms with E-state index in [0.717, 1.165) is 13.1 Å². The Hall–Kier alpha value is 0.1000. The lowest BCUT2D eigenvalue weighted by atomic mass is 10.0. The predicted molar refractivity (Wildman–Crippen MR) is 83.3 cm³/mol. The fourth-order valence-electron chi connectivity index (χ4n) is 2.59. The number of piperazine rings is 1. The minimum Gasteiger partial charge on any atom is -0.314 e. The lowest BCUT2D eigenvalue weighted by Crippen LogP contribution is -2.45. The summed E-state index contributed by atoms with van der Waals surface area (Å²) in [6.07, 6.45) is 5.32. The van der Waals surface area contributed by atoms with Crippen LogP contribution in [0.3, 0.4) is 0 Å². The molecule has 0 aliphatic carbocycles. The van der Waals surface area contributed by atoms with Gasteiger partial charge in [-0.15, -0.1) is 11.3 Å². The maximum absolute atomic E-state index is 3.59. The lowest BCUT2D eigenvalue weighted by molar-refractivity contribution is 0.165. The van der Waals surface area contributed by atoms with Crippen LogP contribution in [0, 0.1) is 0 Å². The lowest BCUT2D eigenvalue weighted by Gasteiger charge is -2.34. The van der Waals surface area contributed by atoms with E-state index in [1.807, 2.05) is 11.3 Å². The smallest absolute Gasteiger partial charge is 0.0443 e. The molecule has 0 spiro atoms. The Morgan fingerprint density at radius 3 is 2.78 bits per heavy atom. The van der Waals surface area contributed by atoms with E-state index in [-0.39, 0.29) is 0 Å². The molecule has 2 nitrogen and oxygen atoms in total. The number of thiophene rings is 1. The van der Waals surface area contributed by atoms with Crippen molar-refractivity contribution in [3.05, 3.63) is 20.8 Å². The second-order valence-electron chi connectivity index (χ2n) is 4.96. The first-order valence-corrected chi connectivity index (χ1v) is 8.67. The summed E-state index contributed by atoms with van der Waals surface area (Å²) >= 11 is 5.49.